The highest BCUT2D eigenvalue weighted by Gasteiger charge is 2.54. The molecule has 0 amide bonds. The number of hydrogen-bond acceptors (Lipinski definition) is 4. The van der Waals surface area contributed by atoms with Crippen molar-refractivity contribution in [3.8, 4) is 101 Å². The molecule has 0 saturated heterocycles. The van der Waals surface area contributed by atoms with E-state index in [1.807, 2.05) is 43.0 Å². The number of rotatable bonds is 5. The zero-order valence-corrected chi connectivity index (χ0v) is 48.7. The highest BCUT2D eigenvalue weighted by atomic mass is 14.8. The third-order valence-corrected chi connectivity index (χ3v) is 20.4. The summed E-state index contributed by atoms with van der Waals surface area (Å²) in [7, 11) is 0. The Labute approximate surface area is 519 Å². The Hall–Kier alpha value is -11.7. The third-order valence-electron chi connectivity index (χ3n) is 20.4. The Bertz CT molecular complexity index is 5690. The Morgan fingerprint density at radius 2 is 0.600 bits per heavy atom. The summed E-state index contributed by atoms with van der Waals surface area (Å²) < 4.78 is 0. The Morgan fingerprint density at radius 1 is 0.200 bits per heavy atom. The zero-order valence-electron chi connectivity index (χ0n) is 48.7. The second-order valence-corrected chi connectivity index (χ2v) is 24.7. The molecule has 0 atom stereocenters. The van der Waals surface area contributed by atoms with Gasteiger partial charge in [-0.1, -0.05) is 200 Å². The molecular formula is C86H50N4. The minimum atomic E-state index is -0.513. The van der Waals surface area contributed by atoms with Gasteiger partial charge in [-0.05, 0) is 233 Å². The lowest BCUT2D eigenvalue weighted by Gasteiger charge is -2.31. The number of nitrogens with zero attached hydrogens (tertiary/aromatic N) is 4. The van der Waals surface area contributed by atoms with Crippen LogP contribution in [0.2, 0.25) is 0 Å². The molecule has 4 nitrogen and oxygen atoms in total. The summed E-state index contributed by atoms with van der Waals surface area (Å²) >= 11 is 0. The van der Waals surface area contributed by atoms with Crippen LogP contribution in [0.4, 0.5) is 0 Å². The van der Waals surface area contributed by atoms with Gasteiger partial charge in [0.05, 0.1) is 33.6 Å². The Balaban J connectivity index is 0.642. The standard InChI is InChI=1S/C86H50N4/c1-2-14-52-46-77-71(44-51(52)13-1)69-34-29-59-42-55(27-33-64(59)83(69)85(77)73-19-7-3-15-65(73)66-16-4-8-20-74(66)85)61-31-37-81(90-50-61)80-36-30-60(49-89-80)54-24-25-56-47-78-72(45-62(56)43-54)70-35-28-58-41-53(57-38-40-88-82(48-57)79-23-11-12-39-87-79)26-32-63(58)84(70)86(78)75-21-9-5-17-67(75)68-18-6-10-22-76(68)86/h1-50H. The van der Waals surface area contributed by atoms with Gasteiger partial charge in [0, 0.05) is 35.9 Å². The molecule has 12 aromatic carbocycles. The van der Waals surface area contributed by atoms with Gasteiger partial charge in [0.15, 0.2) is 0 Å². The fourth-order valence-electron chi connectivity index (χ4n) is 16.6. The number of pyridine rings is 4. The molecule has 4 heterocycles. The molecule has 4 aromatic heterocycles. The summed E-state index contributed by atoms with van der Waals surface area (Å²) in [6.07, 6.45) is 7.71. The van der Waals surface area contributed by atoms with Gasteiger partial charge in [0.1, 0.15) is 0 Å². The van der Waals surface area contributed by atoms with Gasteiger partial charge in [0.2, 0.25) is 0 Å². The normalized spacial score (nSPS) is 13.7. The minimum Gasteiger partial charge on any atom is -0.255 e. The van der Waals surface area contributed by atoms with Crippen LogP contribution in [-0.4, -0.2) is 19.9 Å². The van der Waals surface area contributed by atoms with Crippen molar-refractivity contribution in [1.82, 2.24) is 19.9 Å². The molecule has 4 heteroatoms. The van der Waals surface area contributed by atoms with Crippen molar-refractivity contribution >= 4 is 43.1 Å². The summed E-state index contributed by atoms with van der Waals surface area (Å²) in [5, 5.41) is 9.87. The maximum Gasteiger partial charge on any atom is 0.0892 e. The molecule has 4 aliphatic rings. The Kier molecular flexibility index (Phi) is 10.1. The molecule has 4 aliphatic carbocycles. The van der Waals surface area contributed by atoms with Crippen LogP contribution in [0.1, 0.15) is 44.5 Å². The van der Waals surface area contributed by atoms with Crippen molar-refractivity contribution < 1.29 is 0 Å². The molecular weight excluding hydrogens is 1090 g/mol. The lowest BCUT2D eigenvalue weighted by molar-refractivity contribution is 0.802. The maximum absolute atomic E-state index is 5.07. The molecule has 0 aliphatic heterocycles. The summed E-state index contributed by atoms with van der Waals surface area (Å²) in [4.78, 5) is 19.4. The topological polar surface area (TPSA) is 51.6 Å². The molecule has 0 bridgehead atoms. The van der Waals surface area contributed by atoms with E-state index in [0.717, 1.165) is 56.2 Å². The van der Waals surface area contributed by atoms with Gasteiger partial charge in [-0.15, -0.1) is 0 Å². The van der Waals surface area contributed by atoms with Crippen LogP contribution >= 0.6 is 0 Å². The number of hydrogen-bond donors (Lipinski definition) is 0. The van der Waals surface area contributed by atoms with Crippen molar-refractivity contribution in [2.75, 3.05) is 0 Å². The second kappa shape index (κ2) is 18.4. The van der Waals surface area contributed by atoms with Crippen LogP contribution in [0, 0.1) is 0 Å². The first-order chi connectivity index (χ1) is 44.6. The lowest BCUT2D eigenvalue weighted by atomic mass is 9.69. The summed E-state index contributed by atoms with van der Waals surface area (Å²) in [5.74, 6) is 0. The number of aromatic nitrogens is 4. The van der Waals surface area contributed by atoms with Gasteiger partial charge >= 0.3 is 0 Å². The smallest absolute Gasteiger partial charge is 0.0892 e. The van der Waals surface area contributed by atoms with Crippen LogP contribution in [0.15, 0.2) is 304 Å². The zero-order chi connectivity index (χ0) is 58.8. The van der Waals surface area contributed by atoms with Crippen molar-refractivity contribution in [1.29, 1.82) is 0 Å². The SMILES string of the molecule is c1ccc(-c2cc(-c3ccc4c5c(ccc4c3)-c3cc4cc(-c6ccc(-c7ccc(-c8ccc9c%10c(ccc9c8)-c8cc9ccccc9cc8C%108c9ccccc9-c9ccccc98)cn7)nc6)ccc4cc3C53c4ccccc4-c4ccccc43)ccn2)nc1. The predicted molar refractivity (Wildman–Crippen MR) is 367 cm³/mol. The summed E-state index contributed by atoms with van der Waals surface area (Å²) in [6, 6.07) is 104. The molecule has 0 radical (unpaired) electrons. The first-order valence-electron chi connectivity index (χ1n) is 31.0. The van der Waals surface area contributed by atoms with Crippen LogP contribution < -0.4 is 0 Å². The number of fused-ring (bicyclic) bond motifs is 26. The van der Waals surface area contributed by atoms with E-state index >= 15 is 0 Å². The fourth-order valence-corrected chi connectivity index (χ4v) is 16.6. The van der Waals surface area contributed by atoms with E-state index in [4.69, 9.17) is 15.0 Å². The molecule has 0 unspecified atom stereocenters. The van der Waals surface area contributed by atoms with Crippen molar-refractivity contribution in [2.45, 2.75) is 10.8 Å². The average Bonchev–Trinajstić information content (AvgIpc) is 1.93. The van der Waals surface area contributed by atoms with E-state index in [9.17, 15) is 0 Å². The van der Waals surface area contributed by atoms with Gasteiger partial charge in [-0.2, -0.15) is 0 Å². The third kappa shape index (κ3) is 6.69. The predicted octanol–water partition coefficient (Wildman–Crippen LogP) is 20.9. The molecule has 16 aromatic rings. The van der Waals surface area contributed by atoms with Gasteiger partial charge in [-0.3, -0.25) is 19.9 Å². The molecule has 2 spiro atoms. The molecule has 90 heavy (non-hydrogen) atoms. The summed E-state index contributed by atoms with van der Waals surface area (Å²) in [5.41, 5.74) is 30.2. The van der Waals surface area contributed by atoms with Crippen LogP contribution in [0.25, 0.3) is 144 Å². The van der Waals surface area contributed by atoms with Gasteiger partial charge < -0.3 is 0 Å². The molecule has 0 N–H and O–H groups in total. The van der Waals surface area contributed by atoms with Crippen LogP contribution in [0.3, 0.4) is 0 Å². The van der Waals surface area contributed by atoms with Gasteiger partial charge in [-0.25, -0.2) is 0 Å². The van der Waals surface area contributed by atoms with Gasteiger partial charge in [0.25, 0.3) is 0 Å². The molecule has 0 fully saturated rings. The highest BCUT2D eigenvalue weighted by molar-refractivity contribution is 6.09. The average molecular weight is 1140 g/mol. The van der Waals surface area contributed by atoms with E-state index in [1.165, 1.54) is 132 Å². The van der Waals surface area contributed by atoms with Crippen molar-refractivity contribution in [2.24, 2.45) is 0 Å². The summed E-state index contributed by atoms with van der Waals surface area (Å²) in [6.45, 7) is 0. The lowest BCUT2D eigenvalue weighted by Crippen LogP contribution is -2.26. The van der Waals surface area contributed by atoms with Crippen molar-refractivity contribution in [3.05, 3.63) is 348 Å². The quantitative estimate of drug-likeness (QED) is 0.172. The minimum absolute atomic E-state index is 0.449. The molecule has 0 saturated carbocycles. The maximum atomic E-state index is 5.07. The van der Waals surface area contributed by atoms with E-state index in [2.05, 4.69) is 266 Å². The molecule has 414 valence electrons. The second-order valence-electron chi connectivity index (χ2n) is 24.7. The van der Waals surface area contributed by atoms with Crippen LogP contribution in [-0.2, 0) is 10.8 Å². The van der Waals surface area contributed by atoms with Crippen LogP contribution in [0.5, 0.6) is 0 Å². The van der Waals surface area contributed by atoms with E-state index < -0.39 is 10.8 Å². The first-order valence-corrected chi connectivity index (χ1v) is 31.0. The Morgan fingerprint density at radius 3 is 1.11 bits per heavy atom. The van der Waals surface area contributed by atoms with Crippen molar-refractivity contribution in [3.63, 3.8) is 0 Å². The highest BCUT2D eigenvalue weighted by Crippen LogP contribution is 2.66. The van der Waals surface area contributed by atoms with E-state index in [1.54, 1.807) is 0 Å². The fraction of sp³-hybridized carbons (Fsp3) is 0.0233. The monoisotopic (exact) mass is 1140 g/mol. The molecule has 20 rings (SSSR count). The largest absolute Gasteiger partial charge is 0.255 e. The number of benzene rings is 12. The first kappa shape index (κ1) is 49.4. The van der Waals surface area contributed by atoms with E-state index in [0.29, 0.717) is 0 Å². The van der Waals surface area contributed by atoms with E-state index in [-0.39, 0.29) is 0 Å².